The van der Waals surface area contributed by atoms with Gasteiger partial charge >= 0.3 is 5.97 Å². The van der Waals surface area contributed by atoms with E-state index in [2.05, 4.69) is 10.0 Å². The van der Waals surface area contributed by atoms with Gasteiger partial charge in [-0.1, -0.05) is 43.3 Å². The maximum atomic E-state index is 12.2. The Balaban J connectivity index is 1.94. The number of amides is 1. The summed E-state index contributed by atoms with van der Waals surface area (Å²) in [5.41, 5.74) is 0.989. The number of esters is 1. The number of rotatable bonds is 9. The quantitative estimate of drug-likeness (QED) is 0.625. The highest BCUT2D eigenvalue weighted by Crippen LogP contribution is 2.13. The molecule has 0 saturated heterocycles. The van der Waals surface area contributed by atoms with Crippen LogP contribution in [0.5, 0.6) is 0 Å². The molecule has 0 aliphatic rings. The van der Waals surface area contributed by atoms with Crippen molar-refractivity contribution in [3.63, 3.8) is 0 Å². The summed E-state index contributed by atoms with van der Waals surface area (Å²) in [6.07, 6.45) is 0.650. The van der Waals surface area contributed by atoms with E-state index in [1.54, 1.807) is 0 Å². The molecule has 2 aromatic rings. The molecule has 0 aliphatic heterocycles. The van der Waals surface area contributed by atoms with E-state index >= 15 is 0 Å². The Morgan fingerprint density at radius 3 is 2.46 bits per heavy atom. The Labute approximate surface area is 165 Å². The molecule has 0 fully saturated rings. The fourth-order valence-corrected chi connectivity index (χ4v) is 3.61. The van der Waals surface area contributed by atoms with E-state index in [1.165, 1.54) is 24.3 Å². The third-order valence-corrected chi connectivity index (χ3v) is 5.39. The minimum absolute atomic E-state index is 0.0300. The topological polar surface area (TPSA) is 102 Å². The monoisotopic (exact) mass is 404 g/mol. The number of benzene rings is 2. The predicted octanol–water partition coefficient (Wildman–Crippen LogP) is 2.41. The number of carbonyl (C=O) groups excluding carboxylic acids is 2. The van der Waals surface area contributed by atoms with Crippen LogP contribution in [-0.2, 0) is 19.6 Å². The highest BCUT2D eigenvalue weighted by atomic mass is 32.2. The van der Waals surface area contributed by atoms with Crippen molar-refractivity contribution in [2.75, 3.05) is 13.2 Å². The Morgan fingerprint density at radius 1 is 1.07 bits per heavy atom. The lowest BCUT2D eigenvalue weighted by atomic mass is 10.1. The first kappa shape index (κ1) is 21.6. The highest BCUT2D eigenvalue weighted by molar-refractivity contribution is 7.89. The Morgan fingerprint density at radius 2 is 1.79 bits per heavy atom. The van der Waals surface area contributed by atoms with Gasteiger partial charge in [0.2, 0.25) is 10.0 Å². The SMILES string of the molecule is CCCNS(=O)(=O)c1cccc(C(=O)OCC(=O)N[C@H](C)c2ccccc2)c1. The maximum absolute atomic E-state index is 12.2. The van der Waals surface area contributed by atoms with Crippen molar-refractivity contribution in [1.29, 1.82) is 0 Å². The summed E-state index contributed by atoms with van der Waals surface area (Å²) in [6.45, 7) is 3.52. The van der Waals surface area contributed by atoms with Gasteiger partial charge in [-0.25, -0.2) is 17.9 Å². The number of hydrogen-bond acceptors (Lipinski definition) is 5. The van der Waals surface area contributed by atoms with E-state index in [9.17, 15) is 18.0 Å². The van der Waals surface area contributed by atoms with Gasteiger partial charge in [0.25, 0.3) is 5.91 Å². The average molecular weight is 404 g/mol. The molecule has 7 nitrogen and oxygen atoms in total. The first-order valence-electron chi connectivity index (χ1n) is 8.94. The van der Waals surface area contributed by atoms with Crippen LogP contribution in [0, 0.1) is 0 Å². The van der Waals surface area contributed by atoms with E-state index in [-0.39, 0.29) is 16.5 Å². The Hall–Kier alpha value is -2.71. The third kappa shape index (κ3) is 6.17. The van der Waals surface area contributed by atoms with Gasteiger partial charge in [-0.05, 0) is 37.1 Å². The second kappa shape index (κ2) is 10.0. The van der Waals surface area contributed by atoms with E-state index in [0.29, 0.717) is 13.0 Å². The minimum Gasteiger partial charge on any atom is -0.452 e. The molecule has 0 unspecified atom stereocenters. The van der Waals surface area contributed by atoms with E-state index < -0.39 is 28.5 Å². The smallest absolute Gasteiger partial charge is 0.338 e. The number of carbonyl (C=O) groups is 2. The first-order chi connectivity index (χ1) is 13.3. The van der Waals surface area contributed by atoms with Crippen LogP contribution in [0.4, 0.5) is 0 Å². The van der Waals surface area contributed by atoms with Crippen molar-refractivity contribution in [1.82, 2.24) is 10.0 Å². The zero-order valence-electron chi connectivity index (χ0n) is 15.8. The second-order valence-electron chi connectivity index (χ2n) is 6.20. The van der Waals surface area contributed by atoms with Gasteiger partial charge in [0.15, 0.2) is 6.61 Å². The molecule has 1 amide bonds. The fourth-order valence-electron chi connectivity index (χ4n) is 2.43. The Bertz CT molecular complexity index is 913. The molecule has 2 N–H and O–H groups in total. The summed E-state index contributed by atoms with van der Waals surface area (Å²) in [5.74, 6) is -1.21. The van der Waals surface area contributed by atoms with Gasteiger partial charge in [0, 0.05) is 6.54 Å². The molecule has 0 bridgehead atoms. The van der Waals surface area contributed by atoms with Crippen molar-refractivity contribution in [2.45, 2.75) is 31.2 Å². The third-order valence-electron chi connectivity index (χ3n) is 3.93. The normalized spacial score (nSPS) is 12.2. The number of ether oxygens (including phenoxy) is 1. The largest absolute Gasteiger partial charge is 0.452 e. The fraction of sp³-hybridized carbons (Fsp3) is 0.300. The van der Waals surface area contributed by atoms with Crippen molar-refractivity contribution in [2.24, 2.45) is 0 Å². The lowest BCUT2D eigenvalue weighted by Crippen LogP contribution is -2.31. The summed E-state index contributed by atoms with van der Waals surface area (Å²) in [7, 11) is -3.69. The van der Waals surface area contributed by atoms with Gasteiger partial charge in [-0.2, -0.15) is 0 Å². The van der Waals surface area contributed by atoms with Crippen LogP contribution < -0.4 is 10.0 Å². The van der Waals surface area contributed by atoms with Crippen molar-refractivity contribution in [3.8, 4) is 0 Å². The Kier molecular flexibility index (Phi) is 7.71. The number of nitrogens with one attached hydrogen (secondary N) is 2. The summed E-state index contributed by atoms with van der Waals surface area (Å²) in [5, 5.41) is 2.74. The van der Waals surface area contributed by atoms with E-state index in [0.717, 1.165) is 5.56 Å². The molecule has 0 aliphatic carbocycles. The molecular formula is C20H24N2O5S. The molecule has 0 aromatic heterocycles. The van der Waals surface area contributed by atoms with E-state index in [1.807, 2.05) is 44.2 Å². The molecule has 28 heavy (non-hydrogen) atoms. The van der Waals surface area contributed by atoms with Gasteiger partial charge < -0.3 is 10.1 Å². The first-order valence-corrected chi connectivity index (χ1v) is 10.4. The molecular weight excluding hydrogens is 380 g/mol. The average Bonchev–Trinajstić information content (AvgIpc) is 2.71. The maximum Gasteiger partial charge on any atom is 0.338 e. The van der Waals surface area contributed by atoms with Gasteiger partial charge in [0.1, 0.15) is 0 Å². The van der Waals surface area contributed by atoms with Crippen LogP contribution in [0.25, 0.3) is 0 Å². The van der Waals surface area contributed by atoms with E-state index in [4.69, 9.17) is 4.74 Å². The van der Waals surface area contributed by atoms with Gasteiger partial charge in [-0.3, -0.25) is 4.79 Å². The van der Waals surface area contributed by atoms with Crippen LogP contribution in [-0.4, -0.2) is 33.4 Å². The zero-order chi connectivity index (χ0) is 20.6. The lowest BCUT2D eigenvalue weighted by molar-refractivity contribution is -0.124. The van der Waals surface area contributed by atoms with Crippen LogP contribution in [0.3, 0.4) is 0 Å². The van der Waals surface area contributed by atoms with Crippen molar-refractivity contribution in [3.05, 3.63) is 65.7 Å². The highest BCUT2D eigenvalue weighted by Gasteiger charge is 2.17. The molecule has 0 spiro atoms. The summed E-state index contributed by atoms with van der Waals surface area (Å²) >= 11 is 0. The summed E-state index contributed by atoms with van der Waals surface area (Å²) in [4.78, 5) is 24.2. The molecule has 8 heteroatoms. The van der Waals surface area contributed by atoms with Crippen LogP contribution >= 0.6 is 0 Å². The van der Waals surface area contributed by atoms with Gasteiger partial charge in [0.05, 0.1) is 16.5 Å². The summed E-state index contributed by atoms with van der Waals surface area (Å²) in [6, 6.07) is 14.7. The zero-order valence-corrected chi connectivity index (χ0v) is 16.7. The van der Waals surface area contributed by atoms with Crippen LogP contribution in [0.15, 0.2) is 59.5 Å². The number of hydrogen-bond donors (Lipinski definition) is 2. The van der Waals surface area contributed by atoms with Crippen LogP contribution in [0.1, 0.15) is 42.2 Å². The van der Waals surface area contributed by atoms with Gasteiger partial charge in [-0.15, -0.1) is 0 Å². The predicted molar refractivity (Wildman–Crippen MR) is 105 cm³/mol. The van der Waals surface area contributed by atoms with Crippen molar-refractivity contribution >= 4 is 21.9 Å². The van der Waals surface area contributed by atoms with Crippen LogP contribution in [0.2, 0.25) is 0 Å². The molecule has 150 valence electrons. The lowest BCUT2D eigenvalue weighted by Gasteiger charge is -2.14. The second-order valence-corrected chi connectivity index (χ2v) is 7.97. The molecule has 2 aromatic carbocycles. The molecule has 0 heterocycles. The standard InChI is InChI=1S/C20H24N2O5S/c1-3-12-21-28(25,26)18-11-7-10-17(13-18)20(24)27-14-19(23)22-15(2)16-8-5-4-6-9-16/h4-11,13,15,21H,3,12,14H2,1-2H3,(H,22,23)/t15-/m1/s1. The molecule has 0 saturated carbocycles. The molecule has 2 rings (SSSR count). The molecule has 1 atom stereocenters. The summed E-state index contributed by atoms with van der Waals surface area (Å²) < 4.78 is 31.8. The minimum atomic E-state index is -3.69. The number of sulfonamides is 1. The molecule has 0 radical (unpaired) electrons. The van der Waals surface area contributed by atoms with Crippen molar-refractivity contribution < 1.29 is 22.7 Å².